The fourth-order valence-electron chi connectivity index (χ4n) is 1.37. The molecule has 0 aliphatic rings. The molecule has 2 N–H and O–H groups in total. The van der Waals surface area contributed by atoms with Gasteiger partial charge in [0.1, 0.15) is 5.76 Å². The van der Waals surface area contributed by atoms with Gasteiger partial charge in [-0.05, 0) is 0 Å². The summed E-state index contributed by atoms with van der Waals surface area (Å²) in [6, 6.07) is 0. The number of anilines is 1. The van der Waals surface area contributed by atoms with Crippen LogP contribution in [0.5, 0.6) is 0 Å². The van der Waals surface area contributed by atoms with Gasteiger partial charge in [-0.2, -0.15) is 0 Å². The van der Waals surface area contributed by atoms with E-state index in [0.29, 0.717) is 23.3 Å². The van der Waals surface area contributed by atoms with E-state index in [1.807, 2.05) is 6.92 Å². The zero-order valence-electron chi connectivity index (χ0n) is 9.84. The molecule has 0 unspecified atom stereocenters. The van der Waals surface area contributed by atoms with Crippen LogP contribution in [0.4, 0.5) is 5.13 Å². The lowest BCUT2D eigenvalue weighted by Crippen LogP contribution is -2.02. The molecule has 0 saturated heterocycles. The van der Waals surface area contributed by atoms with Crippen molar-refractivity contribution in [1.82, 2.24) is 9.97 Å². The van der Waals surface area contributed by atoms with E-state index in [2.05, 4.69) is 15.3 Å². The van der Waals surface area contributed by atoms with Crippen LogP contribution in [0.2, 0.25) is 0 Å². The molecule has 0 aliphatic carbocycles. The molecule has 0 spiro atoms. The molecule has 0 atom stereocenters. The minimum atomic E-state index is -0.882. The van der Waals surface area contributed by atoms with Crippen molar-refractivity contribution in [3.63, 3.8) is 0 Å². The summed E-state index contributed by atoms with van der Waals surface area (Å²) in [5.74, 6) is 0.562. The zero-order valence-corrected chi connectivity index (χ0v) is 10.7. The summed E-state index contributed by atoms with van der Waals surface area (Å²) in [6.45, 7) is 2.44. The topological polar surface area (TPSA) is 88.2 Å². The molecule has 6 nitrogen and oxygen atoms in total. The monoisotopic (exact) mass is 267 g/mol. The lowest BCUT2D eigenvalue weighted by atomic mass is 10.3. The van der Waals surface area contributed by atoms with Crippen molar-refractivity contribution in [3.8, 4) is 0 Å². The molecule has 2 heterocycles. The quantitative estimate of drug-likeness (QED) is 0.831. The fourth-order valence-corrected chi connectivity index (χ4v) is 2.08. The number of oxazole rings is 1. The second-order valence-electron chi connectivity index (χ2n) is 3.64. The number of aryl methyl sites for hydroxylation is 1. The fraction of sp³-hybridized carbons (Fsp3) is 0.364. The van der Waals surface area contributed by atoms with Crippen LogP contribution in [0.25, 0.3) is 0 Å². The Kier molecular flexibility index (Phi) is 3.93. The number of rotatable bonds is 6. The lowest BCUT2D eigenvalue weighted by Gasteiger charge is -1.97. The van der Waals surface area contributed by atoms with Crippen LogP contribution in [-0.2, 0) is 24.2 Å². The first kappa shape index (κ1) is 12.6. The highest BCUT2D eigenvalue weighted by Gasteiger charge is 2.07. The summed E-state index contributed by atoms with van der Waals surface area (Å²) in [5, 5.41) is 14.1. The third kappa shape index (κ3) is 3.30. The summed E-state index contributed by atoms with van der Waals surface area (Å²) >= 11 is 1.37. The van der Waals surface area contributed by atoms with E-state index in [-0.39, 0.29) is 6.42 Å². The maximum Gasteiger partial charge on any atom is 0.309 e. The summed E-state index contributed by atoms with van der Waals surface area (Å²) in [7, 11) is 0. The number of hydrogen-bond donors (Lipinski definition) is 2. The van der Waals surface area contributed by atoms with Crippen molar-refractivity contribution in [3.05, 3.63) is 28.9 Å². The second kappa shape index (κ2) is 5.63. The molecule has 0 bridgehead atoms. The van der Waals surface area contributed by atoms with Crippen LogP contribution in [0.1, 0.15) is 24.3 Å². The van der Waals surface area contributed by atoms with E-state index in [1.54, 1.807) is 11.6 Å². The number of aromatic nitrogens is 2. The smallest absolute Gasteiger partial charge is 0.309 e. The highest BCUT2D eigenvalue weighted by atomic mass is 32.1. The number of hydrogen-bond acceptors (Lipinski definition) is 6. The molecular weight excluding hydrogens is 254 g/mol. The maximum absolute atomic E-state index is 10.5. The number of carboxylic acid groups (broad SMARTS) is 1. The molecule has 0 amide bonds. The summed E-state index contributed by atoms with van der Waals surface area (Å²) in [4.78, 5) is 18.8. The predicted molar refractivity (Wildman–Crippen MR) is 66.7 cm³/mol. The van der Waals surface area contributed by atoms with Gasteiger partial charge in [0.05, 0.1) is 24.9 Å². The van der Waals surface area contributed by atoms with Gasteiger partial charge in [-0.15, -0.1) is 11.3 Å². The summed E-state index contributed by atoms with van der Waals surface area (Å²) in [6.07, 6.45) is 2.46. The van der Waals surface area contributed by atoms with Crippen LogP contribution in [0.3, 0.4) is 0 Å². The SMILES string of the molecule is CCc1cnc(CNc2nc(CC(=O)O)cs2)o1. The first-order valence-corrected chi connectivity index (χ1v) is 6.39. The zero-order chi connectivity index (χ0) is 13.0. The Balaban J connectivity index is 1.89. The molecular formula is C11H13N3O3S. The van der Waals surface area contributed by atoms with Gasteiger partial charge in [0.25, 0.3) is 0 Å². The molecule has 2 aromatic rings. The van der Waals surface area contributed by atoms with Gasteiger partial charge in [-0.1, -0.05) is 6.92 Å². The Morgan fingerprint density at radius 3 is 3.11 bits per heavy atom. The Bertz CT molecular complexity index is 535. The average molecular weight is 267 g/mol. The van der Waals surface area contributed by atoms with Crippen LogP contribution in [-0.4, -0.2) is 21.0 Å². The van der Waals surface area contributed by atoms with Crippen molar-refractivity contribution in [2.45, 2.75) is 26.3 Å². The van der Waals surface area contributed by atoms with Gasteiger partial charge >= 0.3 is 5.97 Å². The van der Waals surface area contributed by atoms with Crippen LogP contribution < -0.4 is 5.32 Å². The Labute approximate surface area is 108 Å². The molecule has 0 saturated carbocycles. The van der Waals surface area contributed by atoms with Gasteiger partial charge in [-0.25, -0.2) is 9.97 Å². The van der Waals surface area contributed by atoms with Crippen molar-refractivity contribution in [2.24, 2.45) is 0 Å². The maximum atomic E-state index is 10.5. The third-order valence-corrected chi connectivity index (χ3v) is 3.07. The molecule has 0 radical (unpaired) electrons. The average Bonchev–Trinajstić information content (AvgIpc) is 2.94. The number of nitrogens with one attached hydrogen (secondary N) is 1. The van der Waals surface area contributed by atoms with Crippen molar-refractivity contribution in [1.29, 1.82) is 0 Å². The number of carboxylic acids is 1. The van der Waals surface area contributed by atoms with Gasteiger partial charge in [0.2, 0.25) is 5.89 Å². The van der Waals surface area contributed by atoms with E-state index in [1.165, 1.54) is 11.3 Å². The summed E-state index contributed by atoms with van der Waals surface area (Å²) < 4.78 is 5.44. The first-order chi connectivity index (χ1) is 8.67. The molecule has 0 fully saturated rings. The largest absolute Gasteiger partial charge is 0.481 e. The Hall–Kier alpha value is -1.89. The normalized spacial score (nSPS) is 10.5. The van der Waals surface area contributed by atoms with E-state index in [4.69, 9.17) is 9.52 Å². The summed E-state index contributed by atoms with van der Waals surface area (Å²) in [5.41, 5.74) is 0.552. The van der Waals surface area contributed by atoms with Crippen molar-refractivity contribution < 1.29 is 14.3 Å². The van der Waals surface area contributed by atoms with E-state index in [9.17, 15) is 4.79 Å². The molecule has 0 aliphatic heterocycles. The Morgan fingerprint density at radius 1 is 1.61 bits per heavy atom. The van der Waals surface area contributed by atoms with E-state index >= 15 is 0 Å². The minimum absolute atomic E-state index is 0.0584. The van der Waals surface area contributed by atoms with Crippen LogP contribution in [0.15, 0.2) is 16.0 Å². The molecule has 7 heteroatoms. The highest BCUT2D eigenvalue weighted by molar-refractivity contribution is 7.13. The van der Waals surface area contributed by atoms with E-state index in [0.717, 1.165) is 12.2 Å². The predicted octanol–water partition coefficient (Wildman–Crippen LogP) is 1.93. The Morgan fingerprint density at radius 2 is 2.44 bits per heavy atom. The molecule has 18 heavy (non-hydrogen) atoms. The van der Waals surface area contributed by atoms with Gasteiger partial charge in [-0.3, -0.25) is 4.79 Å². The van der Waals surface area contributed by atoms with Gasteiger partial charge < -0.3 is 14.8 Å². The minimum Gasteiger partial charge on any atom is -0.481 e. The van der Waals surface area contributed by atoms with Crippen LogP contribution >= 0.6 is 11.3 Å². The molecule has 0 aromatic carbocycles. The number of thiazole rings is 1. The second-order valence-corrected chi connectivity index (χ2v) is 4.50. The highest BCUT2D eigenvalue weighted by Crippen LogP contribution is 2.17. The van der Waals surface area contributed by atoms with E-state index < -0.39 is 5.97 Å². The van der Waals surface area contributed by atoms with Crippen molar-refractivity contribution >= 4 is 22.4 Å². The third-order valence-electron chi connectivity index (χ3n) is 2.22. The van der Waals surface area contributed by atoms with Gasteiger partial charge in [0, 0.05) is 11.8 Å². The lowest BCUT2D eigenvalue weighted by molar-refractivity contribution is -0.136. The molecule has 96 valence electrons. The standard InChI is InChI=1S/C11H13N3O3S/c1-2-8-4-12-9(17-8)5-13-11-14-7(6-18-11)3-10(15)16/h4,6H,2-3,5H2,1H3,(H,13,14)(H,15,16). The van der Waals surface area contributed by atoms with Crippen LogP contribution in [0, 0.1) is 0 Å². The van der Waals surface area contributed by atoms with Crippen molar-refractivity contribution in [2.75, 3.05) is 5.32 Å². The number of nitrogens with zero attached hydrogens (tertiary/aromatic N) is 2. The molecule has 2 rings (SSSR count). The van der Waals surface area contributed by atoms with Gasteiger partial charge in [0.15, 0.2) is 5.13 Å². The first-order valence-electron chi connectivity index (χ1n) is 5.51. The number of aliphatic carboxylic acids is 1. The molecule has 2 aromatic heterocycles. The number of carbonyl (C=O) groups is 1.